The molecule has 2 aliphatic rings. The summed E-state index contributed by atoms with van der Waals surface area (Å²) >= 11 is 0. The van der Waals surface area contributed by atoms with Gasteiger partial charge in [-0.3, -0.25) is 22.6 Å². The molecule has 0 radical (unpaired) electrons. The lowest BCUT2D eigenvalue weighted by molar-refractivity contribution is -0.746. The predicted molar refractivity (Wildman–Crippen MR) is 162 cm³/mol. The number of aromatic nitrogens is 8. The third kappa shape index (κ3) is 9.36. The van der Waals surface area contributed by atoms with Gasteiger partial charge in [0.1, 0.15) is 36.6 Å². The number of fused-ring (bicyclic) bond motifs is 2. The summed E-state index contributed by atoms with van der Waals surface area (Å²) in [7, 11) is -15.1. The van der Waals surface area contributed by atoms with E-state index in [1.54, 1.807) is 7.05 Å². The van der Waals surface area contributed by atoms with Gasteiger partial charge in [-0.2, -0.15) is 0 Å². The number of aliphatic hydroxyl groups excluding tert-OH is 5. The van der Waals surface area contributed by atoms with Gasteiger partial charge in [0.15, 0.2) is 23.7 Å². The van der Waals surface area contributed by atoms with Crippen LogP contribution in [0, 0.1) is 0 Å². The van der Waals surface area contributed by atoms with E-state index < -0.39 is 103 Å². The Kier molecular flexibility index (Phi) is 12.9. The Morgan fingerprint density at radius 1 is 0.745 bits per heavy atom. The predicted octanol–water partition coefficient (Wildman–Crippen LogP) is -8.49. The fourth-order valence-corrected chi connectivity index (χ4v) is 8.35. The molecule has 4 unspecified atom stereocenters. The molecule has 0 saturated carbocycles. The molecule has 32 heteroatoms. The number of aryl methyl sites for hydroxylation is 2. The monoisotopic (exact) mass is 846 g/mol. The number of anilines is 2. The van der Waals surface area contributed by atoms with E-state index in [1.807, 2.05) is 0 Å². The molecule has 308 valence electrons. The van der Waals surface area contributed by atoms with Crippen LogP contribution in [0.1, 0.15) is 19.9 Å². The van der Waals surface area contributed by atoms with E-state index in [-0.39, 0.29) is 35.7 Å². The van der Waals surface area contributed by atoms with E-state index in [1.165, 1.54) is 33.4 Å². The lowest BCUT2D eigenvalue weighted by Crippen LogP contribution is -2.46. The normalized spacial score (nSPS) is 27.7. The molecule has 2 saturated heterocycles. The zero-order valence-corrected chi connectivity index (χ0v) is 29.9. The second-order valence-corrected chi connectivity index (χ2v) is 15.7. The molecule has 4 aromatic heterocycles. The summed E-state index contributed by atoms with van der Waals surface area (Å²) in [5.41, 5.74) is 11.2. The van der Waals surface area contributed by atoms with Crippen LogP contribution < -0.4 is 50.4 Å². The van der Waals surface area contributed by atoms with Crippen molar-refractivity contribution in [3.05, 3.63) is 12.7 Å². The summed E-state index contributed by atoms with van der Waals surface area (Å²) in [6.45, 7) is -1.57. The molecule has 0 aromatic carbocycles. The topological polar surface area (TPSA) is 458 Å². The molecule has 9 N–H and O–H groups in total. The number of nitrogens with zero attached hydrogens (tertiary/aromatic N) is 8. The van der Waals surface area contributed by atoms with Gasteiger partial charge in [0.25, 0.3) is 27.5 Å². The smallest absolute Gasteiger partial charge is 0.309 e. The number of aliphatic hydroxyl groups is 5. The number of phosphoric acid groups is 3. The summed E-state index contributed by atoms with van der Waals surface area (Å²) in [5, 5.41) is 73.4. The summed E-state index contributed by atoms with van der Waals surface area (Å²) in [6.07, 6.45) is -8.27. The Labute approximate surface area is 307 Å². The van der Waals surface area contributed by atoms with E-state index in [0.29, 0.717) is 0 Å². The van der Waals surface area contributed by atoms with Crippen LogP contribution in [0.3, 0.4) is 0 Å². The lowest BCUT2D eigenvalue weighted by atomic mass is 10.1. The lowest BCUT2D eigenvalue weighted by Gasteiger charge is -2.37. The molecule has 10 atom stereocenters. The van der Waals surface area contributed by atoms with E-state index in [2.05, 4.69) is 33.1 Å². The van der Waals surface area contributed by atoms with Crippen molar-refractivity contribution in [2.45, 2.75) is 56.5 Å². The van der Waals surface area contributed by atoms with Crippen molar-refractivity contribution in [1.82, 2.24) is 29.1 Å². The molecule has 4 aromatic rings. The highest BCUT2D eigenvalue weighted by Gasteiger charge is 2.48. The molecule has 6 heterocycles. The maximum Gasteiger partial charge on any atom is 0.309 e. The van der Waals surface area contributed by atoms with Gasteiger partial charge >= 0.3 is 11.3 Å². The summed E-state index contributed by atoms with van der Waals surface area (Å²) in [5.74, 6) is -1.89. The fourth-order valence-electron chi connectivity index (χ4n) is 5.48. The molecule has 2 aliphatic heterocycles. The number of nitrogen functional groups attached to an aromatic ring is 2. The number of ether oxygens (including phenoxy) is 2. The fraction of sp³-hybridized carbons (Fsp3) is 0.565. The first-order valence-corrected chi connectivity index (χ1v) is 19.1. The highest BCUT2D eigenvalue weighted by atomic mass is 31.3. The second kappa shape index (κ2) is 16.1. The van der Waals surface area contributed by atoms with Crippen molar-refractivity contribution in [1.29, 1.82) is 0 Å². The van der Waals surface area contributed by atoms with Crippen LogP contribution in [-0.4, -0.2) is 104 Å². The first-order valence-electron chi connectivity index (χ1n) is 14.7. The van der Waals surface area contributed by atoms with Gasteiger partial charge in [-0.25, -0.2) is 23.4 Å². The third-order valence-corrected chi connectivity index (χ3v) is 11.4. The standard InChI is InChI=1S/C11H18N5O14P3.C11H15N5O5.CH4/c1-15-3-16(8-5(15)9(19)14-11(12)13-8)10-7(18)6(17)4(28-10)2-27-32(23,24)30-33(25,26)29-31(20,21)22;1-15-3-16(8-5(15)9(20)14-11(12)13-8)10-7(19)6(18)4(2-17)21-10;/h3-4,6-7,10,17-18H,2H2,1H3,(H6-,12,13,14,19,20,21,22,23,24,25,26);3-4,6-7,10,17-19H,2H2,1H3,(H2-,12,13,14,20);1H4/p-4/t2*4-,6+,7?,10-;/m11./s1. The Balaban J connectivity index is 0.000000263. The highest BCUT2D eigenvalue weighted by molar-refractivity contribution is 7.64. The number of phosphoric ester groups is 1. The van der Waals surface area contributed by atoms with E-state index in [0.717, 1.165) is 4.57 Å². The zero-order chi connectivity index (χ0) is 40.2. The minimum absolute atomic E-state index is 0. The van der Waals surface area contributed by atoms with Gasteiger partial charge in [-0.1, -0.05) is 17.4 Å². The summed E-state index contributed by atoms with van der Waals surface area (Å²) in [6, 6.07) is 0. The van der Waals surface area contributed by atoms with Crippen molar-refractivity contribution >= 4 is 57.7 Å². The van der Waals surface area contributed by atoms with Crippen molar-refractivity contribution in [2.24, 2.45) is 14.1 Å². The van der Waals surface area contributed by atoms with Crippen LogP contribution >= 0.6 is 23.5 Å². The average Bonchev–Trinajstić information content (AvgIpc) is 3.71. The van der Waals surface area contributed by atoms with Crippen LogP contribution in [-0.2, 0) is 50.4 Å². The van der Waals surface area contributed by atoms with Crippen LogP contribution in [0.5, 0.6) is 11.8 Å². The van der Waals surface area contributed by atoms with Crippen molar-refractivity contribution in [3.63, 3.8) is 0 Å². The largest absolute Gasteiger partial charge is 0.856 e. The molecule has 0 aliphatic carbocycles. The molecule has 0 amide bonds. The highest BCUT2D eigenvalue weighted by Crippen LogP contribution is 2.60. The van der Waals surface area contributed by atoms with Gasteiger partial charge in [0.2, 0.25) is 12.5 Å². The minimum Gasteiger partial charge on any atom is -0.856 e. The van der Waals surface area contributed by atoms with Crippen molar-refractivity contribution < 1.29 is 101 Å². The molecule has 0 spiro atoms. The number of hydrogen-bond acceptors (Lipinski definition) is 25. The zero-order valence-electron chi connectivity index (χ0n) is 27.2. The number of rotatable bonds is 10. The number of nitrogens with two attached hydrogens (primary N) is 2. The van der Waals surface area contributed by atoms with Gasteiger partial charge in [-0.05, 0) is 0 Å². The van der Waals surface area contributed by atoms with Crippen molar-refractivity contribution in [3.8, 4) is 11.8 Å². The molecule has 29 nitrogen and oxygen atoms in total. The van der Waals surface area contributed by atoms with Gasteiger partial charge in [0, 0.05) is 11.8 Å². The molecular formula is C23H33N10O19P3-4. The van der Waals surface area contributed by atoms with Crippen LogP contribution in [0.4, 0.5) is 11.9 Å². The Morgan fingerprint density at radius 3 is 1.56 bits per heavy atom. The molecule has 55 heavy (non-hydrogen) atoms. The average molecular weight is 846 g/mol. The number of imidazole rings is 2. The maximum absolute atomic E-state index is 12.0. The SMILES string of the molecule is C.Cn1c[n+]([C@@H]2O[C@H](CO)[C@H](O)C2O)c2nc(N)nc([O-])c21.Cn1c[n+]([C@@H]2O[C@H](COP(=O)([O-])OP(=O)([O-])OP(=O)([O-])[O-])[C@H](O)C2O)c2nc(N)nc([O-])c21. The second-order valence-electron chi connectivity index (χ2n) is 11.5. The Morgan fingerprint density at radius 2 is 1.16 bits per heavy atom. The molecule has 0 bridgehead atoms. The first kappa shape index (κ1) is 44.1. The summed E-state index contributed by atoms with van der Waals surface area (Å²) < 4.78 is 59.8. The quantitative estimate of drug-likeness (QED) is 0.0575. The Bertz CT molecular complexity index is 2190. The summed E-state index contributed by atoms with van der Waals surface area (Å²) in [4.78, 5) is 58.4. The van der Waals surface area contributed by atoms with Crippen LogP contribution in [0.15, 0.2) is 12.7 Å². The van der Waals surface area contributed by atoms with Crippen molar-refractivity contribution in [2.75, 3.05) is 24.7 Å². The first-order chi connectivity index (χ1) is 24.9. The van der Waals surface area contributed by atoms with E-state index >= 15 is 0 Å². The van der Waals surface area contributed by atoms with E-state index in [4.69, 9.17) is 26.0 Å². The molecular weight excluding hydrogens is 813 g/mol. The van der Waals surface area contributed by atoms with Gasteiger partial charge in [-0.15, -0.1) is 0 Å². The third-order valence-electron chi connectivity index (χ3n) is 7.69. The maximum atomic E-state index is 12.0. The van der Waals surface area contributed by atoms with Crippen LogP contribution in [0.2, 0.25) is 0 Å². The van der Waals surface area contributed by atoms with Gasteiger partial charge < -0.3 is 85.3 Å². The van der Waals surface area contributed by atoms with Crippen LogP contribution in [0.25, 0.3) is 22.3 Å². The number of hydrogen-bond donors (Lipinski definition) is 7. The minimum atomic E-state index is -6.17. The van der Waals surface area contributed by atoms with Gasteiger partial charge in [0.05, 0.1) is 35.1 Å². The Hall–Kier alpha value is -3.57. The molecule has 2 fully saturated rings. The van der Waals surface area contributed by atoms with E-state index in [9.17, 15) is 63.9 Å². The molecule has 6 rings (SSSR count).